The van der Waals surface area contributed by atoms with E-state index in [0.29, 0.717) is 6.04 Å². The van der Waals surface area contributed by atoms with Crippen LogP contribution in [-0.4, -0.2) is 38.1 Å². The predicted octanol–water partition coefficient (Wildman–Crippen LogP) is 1.81. The minimum Gasteiger partial charge on any atom is -0.481 e. The zero-order valence-electron chi connectivity index (χ0n) is 12.3. The minimum atomic E-state index is -0.637. The van der Waals surface area contributed by atoms with Crippen LogP contribution in [0.1, 0.15) is 44.0 Å². The number of rotatable bonds is 2. The molecule has 5 nitrogen and oxygen atoms in total. The van der Waals surface area contributed by atoms with Gasteiger partial charge in [-0.1, -0.05) is 0 Å². The van der Waals surface area contributed by atoms with Crippen molar-refractivity contribution in [3.63, 3.8) is 0 Å². The Balaban J connectivity index is 1.64. The molecule has 3 rings (SSSR count). The van der Waals surface area contributed by atoms with Gasteiger partial charge in [0.25, 0.3) is 0 Å². The summed E-state index contributed by atoms with van der Waals surface area (Å²) < 4.78 is 2.12. The number of carbonyl (C=O) groups is 1. The van der Waals surface area contributed by atoms with Crippen molar-refractivity contribution in [1.29, 1.82) is 0 Å². The molecular weight excluding hydrogens is 254 g/mol. The maximum Gasteiger partial charge on any atom is 0.309 e. The lowest BCUT2D eigenvalue weighted by atomic mass is 9.73. The molecule has 0 radical (unpaired) electrons. The Labute approximate surface area is 119 Å². The average molecular weight is 277 g/mol. The predicted molar refractivity (Wildman–Crippen MR) is 75.3 cm³/mol. The van der Waals surface area contributed by atoms with Crippen LogP contribution in [0, 0.1) is 5.41 Å². The van der Waals surface area contributed by atoms with E-state index in [1.165, 1.54) is 11.4 Å². The van der Waals surface area contributed by atoms with E-state index in [0.717, 1.165) is 45.2 Å². The van der Waals surface area contributed by atoms with Crippen molar-refractivity contribution < 1.29 is 9.90 Å². The van der Waals surface area contributed by atoms with Crippen LogP contribution < -0.4 is 0 Å². The van der Waals surface area contributed by atoms with E-state index in [9.17, 15) is 9.90 Å². The molecule has 2 aliphatic rings. The lowest BCUT2D eigenvalue weighted by Crippen LogP contribution is -2.44. The highest BCUT2D eigenvalue weighted by atomic mass is 16.4. The summed E-state index contributed by atoms with van der Waals surface area (Å²) in [4.78, 5) is 18.3. The first-order valence-electron chi connectivity index (χ1n) is 7.46. The second-order valence-electron chi connectivity index (χ2n) is 6.57. The van der Waals surface area contributed by atoms with Crippen LogP contribution in [0.5, 0.6) is 0 Å². The van der Waals surface area contributed by atoms with Gasteiger partial charge in [-0.25, -0.2) is 4.98 Å². The summed E-state index contributed by atoms with van der Waals surface area (Å²) in [5.74, 6) is -0.637. The smallest absolute Gasteiger partial charge is 0.309 e. The first kappa shape index (κ1) is 13.6. The van der Waals surface area contributed by atoms with Crippen molar-refractivity contribution in [1.82, 2.24) is 14.5 Å². The number of carboxylic acids is 1. The fourth-order valence-corrected chi connectivity index (χ4v) is 3.61. The van der Waals surface area contributed by atoms with Crippen LogP contribution in [0.4, 0.5) is 0 Å². The summed E-state index contributed by atoms with van der Waals surface area (Å²) >= 11 is 0. The molecule has 1 fully saturated rings. The van der Waals surface area contributed by atoms with Gasteiger partial charge in [-0.15, -0.1) is 0 Å². The first-order valence-corrected chi connectivity index (χ1v) is 7.46. The highest BCUT2D eigenvalue weighted by Crippen LogP contribution is 2.38. The molecule has 0 unspecified atom stereocenters. The fourth-order valence-electron chi connectivity index (χ4n) is 3.61. The Morgan fingerprint density at radius 2 is 2.15 bits per heavy atom. The van der Waals surface area contributed by atoms with Crippen LogP contribution >= 0.6 is 0 Å². The van der Waals surface area contributed by atoms with Crippen LogP contribution in [-0.2, 0) is 24.8 Å². The van der Waals surface area contributed by atoms with Gasteiger partial charge < -0.3 is 9.67 Å². The van der Waals surface area contributed by atoms with E-state index in [1.54, 1.807) is 0 Å². The van der Waals surface area contributed by atoms with Gasteiger partial charge in [0.15, 0.2) is 0 Å². The quantitative estimate of drug-likeness (QED) is 0.895. The van der Waals surface area contributed by atoms with E-state index < -0.39 is 11.4 Å². The Morgan fingerprint density at radius 3 is 2.80 bits per heavy atom. The lowest BCUT2D eigenvalue weighted by Gasteiger charge is -2.41. The number of hydrogen-bond acceptors (Lipinski definition) is 3. The van der Waals surface area contributed by atoms with Gasteiger partial charge in [-0.3, -0.25) is 9.69 Å². The monoisotopic (exact) mass is 277 g/mol. The molecule has 1 aliphatic carbocycles. The molecule has 5 heteroatoms. The zero-order valence-corrected chi connectivity index (χ0v) is 12.3. The Hall–Kier alpha value is -1.36. The Morgan fingerprint density at radius 1 is 1.45 bits per heavy atom. The third-order valence-corrected chi connectivity index (χ3v) is 5.23. The van der Waals surface area contributed by atoms with Crippen LogP contribution in [0.15, 0.2) is 6.33 Å². The van der Waals surface area contributed by atoms with E-state index in [2.05, 4.69) is 21.5 Å². The number of aromatic nitrogens is 2. The van der Waals surface area contributed by atoms with E-state index >= 15 is 0 Å². The maximum absolute atomic E-state index is 11.3. The molecule has 0 aromatic carbocycles. The molecule has 110 valence electrons. The Kier molecular flexibility index (Phi) is 3.32. The lowest BCUT2D eigenvalue weighted by molar-refractivity contribution is -0.150. The molecule has 0 spiro atoms. The molecule has 1 aliphatic heterocycles. The third-order valence-electron chi connectivity index (χ3n) is 5.23. The number of carboxylic acid groups (broad SMARTS) is 1. The second-order valence-corrected chi connectivity index (χ2v) is 6.57. The minimum absolute atomic E-state index is 0.511. The molecule has 1 aromatic heterocycles. The average Bonchev–Trinajstić information content (AvgIpc) is 2.81. The summed E-state index contributed by atoms with van der Waals surface area (Å²) in [5, 5.41) is 9.30. The van der Waals surface area contributed by atoms with Crippen LogP contribution in [0.2, 0.25) is 0 Å². The van der Waals surface area contributed by atoms with Gasteiger partial charge in [0.05, 0.1) is 17.4 Å². The van der Waals surface area contributed by atoms with E-state index in [4.69, 9.17) is 0 Å². The number of aliphatic carboxylic acids is 1. The first-order chi connectivity index (χ1) is 9.49. The van der Waals surface area contributed by atoms with Crippen molar-refractivity contribution in [2.24, 2.45) is 12.5 Å². The van der Waals surface area contributed by atoms with Gasteiger partial charge in [0.2, 0.25) is 0 Å². The number of nitrogens with zero attached hydrogens (tertiary/aromatic N) is 3. The summed E-state index contributed by atoms with van der Waals surface area (Å²) in [6.07, 6.45) is 6.52. The van der Waals surface area contributed by atoms with Crippen LogP contribution in [0.3, 0.4) is 0 Å². The van der Waals surface area contributed by atoms with Crippen molar-refractivity contribution in [3.05, 3.63) is 17.7 Å². The summed E-state index contributed by atoms with van der Waals surface area (Å²) in [6.45, 7) is 3.88. The largest absolute Gasteiger partial charge is 0.481 e. The molecule has 2 heterocycles. The molecule has 1 N–H and O–H groups in total. The highest BCUT2D eigenvalue weighted by molar-refractivity contribution is 5.74. The molecule has 1 aromatic rings. The maximum atomic E-state index is 11.3. The summed E-state index contributed by atoms with van der Waals surface area (Å²) in [6, 6.07) is 0.526. The molecule has 20 heavy (non-hydrogen) atoms. The molecule has 0 atom stereocenters. The standard InChI is InChI=1S/C15H23N3O2/c1-15(14(19)20)6-3-11(4-7-15)18-8-5-13-12(9-18)16-10-17(13)2/h10-11H,3-9H2,1-2H3,(H,19,20). The van der Waals surface area contributed by atoms with Gasteiger partial charge in [0, 0.05) is 38.3 Å². The SMILES string of the molecule is Cn1cnc2c1CCN(C1CCC(C)(C(=O)O)CC1)C2. The number of fused-ring (bicyclic) bond motifs is 1. The van der Waals surface area contributed by atoms with E-state index in [1.807, 2.05) is 13.3 Å². The van der Waals surface area contributed by atoms with E-state index in [-0.39, 0.29) is 0 Å². The third kappa shape index (κ3) is 2.24. The molecule has 0 saturated heterocycles. The second kappa shape index (κ2) is 4.88. The zero-order chi connectivity index (χ0) is 14.3. The molecular formula is C15H23N3O2. The highest BCUT2D eigenvalue weighted by Gasteiger charge is 2.39. The van der Waals surface area contributed by atoms with Gasteiger partial charge in [0.1, 0.15) is 0 Å². The molecule has 0 bridgehead atoms. The summed E-state index contributed by atoms with van der Waals surface area (Å²) in [5.41, 5.74) is 2.04. The number of aryl methyl sites for hydroxylation is 1. The normalized spacial score (nSPS) is 31.0. The topological polar surface area (TPSA) is 58.4 Å². The van der Waals surface area contributed by atoms with Crippen molar-refractivity contribution >= 4 is 5.97 Å². The number of imidazole rings is 1. The van der Waals surface area contributed by atoms with Gasteiger partial charge >= 0.3 is 5.97 Å². The fraction of sp³-hybridized carbons (Fsp3) is 0.733. The van der Waals surface area contributed by atoms with Crippen LogP contribution in [0.25, 0.3) is 0 Å². The van der Waals surface area contributed by atoms with Crippen molar-refractivity contribution in [2.75, 3.05) is 6.54 Å². The number of hydrogen-bond donors (Lipinski definition) is 1. The molecule has 1 saturated carbocycles. The van der Waals surface area contributed by atoms with Gasteiger partial charge in [-0.05, 0) is 32.6 Å². The van der Waals surface area contributed by atoms with Crippen molar-refractivity contribution in [3.8, 4) is 0 Å². The molecule has 0 amide bonds. The Bertz CT molecular complexity index is 515. The van der Waals surface area contributed by atoms with Gasteiger partial charge in [-0.2, -0.15) is 0 Å². The van der Waals surface area contributed by atoms with Crippen molar-refractivity contribution in [2.45, 2.75) is 51.6 Å². The summed E-state index contributed by atoms with van der Waals surface area (Å²) in [7, 11) is 2.06.